The van der Waals surface area contributed by atoms with Gasteiger partial charge in [0, 0.05) is 11.0 Å². The van der Waals surface area contributed by atoms with Gasteiger partial charge in [-0.15, -0.1) is 0 Å². The number of nitrogens with one attached hydrogen (secondary N) is 1. The van der Waals surface area contributed by atoms with Gasteiger partial charge < -0.3 is 9.26 Å². The predicted molar refractivity (Wildman–Crippen MR) is 72.5 cm³/mol. The van der Waals surface area contributed by atoms with Gasteiger partial charge in [-0.3, -0.25) is 4.57 Å². The van der Waals surface area contributed by atoms with Crippen LogP contribution in [-0.2, 0) is 9.09 Å². The molecule has 0 radical (unpaired) electrons. The molecule has 0 saturated heterocycles. The number of benzene rings is 1. The highest BCUT2D eigenvalue weighted by atomic mass is 79.9. The average Bonchev–Trinajstić information content (AvgIpc) is 2.27. The second-order valence-electron chi connectivity index (χ2n) is 3.33. The fourth-order valence-corrected chi connectivity index (χ4v) is 3.15. The van der Waals surface area contributed by atoms with Crippen LogP contribution in [0.25, 0.3) is 0 Å². The Morgan fingerprint density at radius 2 is 2.18 bits per heavy atom. The van der Waals surface area contributed by atoms with Gasteiger partial charge in [-0.1, -0.05) is 28.9 Å². The molecule has 0 spiro atoms. The van der Waals surface area contributed by atoms with E-state index in [0.717, 1.165) is 4.47 Å². The van der Waals surface area contributed by atoms with Gasteiger partial charge in [0.1, 0.15) is 5.75 Å². The summed E-state index contributed by atoms with van der Waals surface area (Å²) >= 11 is 3.35. The molecule has 0 saturated carbocycles. The maximum Gasteiger partial charge on any atom is 0.306 e. The molecule has 1 rings (SSSR count). The smallest absolute Gasteiger partial charge is 0.306 e. The molecule has 17 heavy (non-hydrogen) atoms. The largest absolute Gasteiger partial charge is 0.482 e. The van der Waals surface area contributed by atoms with Gasteiger partial charge in [0.2, 0.25) is 0 Å². The van der Waals surface area contributed by atoms with Crippen LogP contribution >= 0.6 is 23.4 Å². The SMILES string of the molecule is CCNP(=O)(COc1cccc(Br)c1)OCC. The molecule has 0 fully saturated rings. The Labute approximate surface area is 110 Å². The molecule has 0 aliphatic heterocycles. The molecule has 0 aromatic heterocycles. The monoisotopic (exact) mass is 321 g/mol. The van der Waals surface area contributed by atoms with Gasteiger partial charge >= 0.3 is 7.52 Å². The lowest BCUT2D eigenvalue weighted by Gasteiger charge is -2.18. The van der Waals surface area contributed by atoms with Crippen LogP contribution in [0.2, 0.25) is 0 Å². The van der Waals surface area contributed by atoms with E-state index in [1.807, 2.05) is 38.1 Å². The van der Waals surface area contributed by atoms with Gasteiger partial charge in [-0.05, 0) is 25.1 Å². The highest BCUT2D eigenvalue weighted by Crippen LogP contribution is 2.42. The minimum atomic E-state index is -2.89. The van der Waals surface area contributed by atoms with E-state index in [1.165, 1.54) is 0 Å². The zero-order chi connectivity index (χ0) is 12.7. The van der Waals surface area contributed by atoms with Crippen LogP contribution in [0.1, 0.15) is 13.8 Å². The third-order valence-corrected chi connectivity index (χ3v) is 4.37. The zero-order valence-corrected chi connectivity index (χ0v) is 12.5. The fraction of sp³-hybridized carbons (Fsp3) is 0.455. The van der Waals surface area contributed by atoms with Crippen LogP contribution in [0.15, 0.2) is 28.7 Å². The van der Waals surface area contributed by atoms with Crippen LogP contribution in [0, 0.1) is 0 Å². The number of rotatable bonds is 7. The Bertz CT molecular complexity index is 390. The summed E-state index contributed by atoms with van der Waals surface area (Å²) in [5, 5.41) is 2.84. The van der Waals surface area contributed by atoms with Crippen molar-refractivity contribution in [1.29, 1.82) is 0 Å². The third kappa shape index (κ3) is 5.21. The fourth-order valence-electron chi connectivity index (χ4n) is 1.29. The Hall–Kier alpha value is -0.350. The number of ether oxygens (including phenoxy) is 1. The van der Waals surface area contributed by atoms with E-state index < -0.39 is 7.52 Å². The highest BCUT2D eigenvalue weighted by molar-refractivity contribution is 9.10. The van der Waals surface area contributed by atoms with Crippen molar-refractivity contribution in [3.63, 3.8) is 0 Å². The topological polar surface area (TPSA) is 47.6 Å². The van der Waals surface area contributed by atoms with E-state index in [4.69, 9.17) is 9.26 Å². The van der Waals surface area contributed by atoms with E-state index in [0.29, 0.717) is 18.9 Å². The number of hydrogen-bond acceptors (Lipinski definition) is 3. The van der Waals surface area contributed by atoms with Crippen molar-refractivity contribution in [2.75, 3.05) is 19.5 Å². The van der Waals surface area contributed by atoms with Crippen LogP contribution in [-0.4, -0.2) is 19.5 Å². The normalized spacial score (nSPS) is 14.3. The molecule has 1 aromatic rings. The average molecular weight is 322 g/mol. The summed E-state index contributed by atoms with van der Waals surface area (Å²) in [6, 6.07) is 7.40. The molecule has 1 N–H and O–H groups in total. The van der Waals surface area contributed by atoms with Gasteiger partial charge in [-0.2, -0.15) is 0 Å². The minimum Gasteiger partial charge on any atom is -0.482 e. The van der Waals surface area contributed by atoms with Crippen molar-refractivity contribution in [1.82, 2.24) is 5.09 Å². The van der Waals surface area contributed by atoms with Gasteiger partial charge in [0.25, 0.3) is 0 Å². The van der Waals surface area contributed by atoms with Gasteiger partial charge in [-0.25, -0.2) is 5.09 Å². The summed E-state index contributed by atoms with van der Waals surface area (Å²) in [5.74, 6) is 0.664. The van der Waals surface area contributed by atoms with E-state index in [1.54, 1.807) is 0 Å². The van der Waals surface area contributed by atoms with Gasteiger partial charge in [0.15, 0.2) is 6.35 Å². The summed E-state index contributed by atoms with van der Waals surface area (Å²) < 4.78 is 23.8. The van der Waals surface area contributed by atoms with E-state index >= 15 is 0 Å². The van der Waals surface area contributed by atoms with Crippen molar-refractivity contribution in [2.45, 2.75) is 13.8 Å². The van der Waals surface area contributed by atoms with Crippen molar-refractivity contribution in [2.24, 2.45) is 0 Å². The minimum absolute atomic E-state index is 0.0329. The Morgan fingerprint density at radius 3 is 2.76 bits per heavy atom. The second-order valence-corrected chi connectivity index (χ2v) is 6.43. The first kappa shape index (κ1) is 14.7. The molecule has 0 aliphatic carbocycles. The molecule has 1 aromatic carbocycles. The first-order chi connectivity index (χ1) is 8.09. The molecular weight excluding hydrogens is 305 g/mol. The summed E-state index contributed by atoms with van der Waals surface area (Å²) in [5.41, 5.74) is 0. The lowest BCUT2D eigenvalue weighted by atomic mass is 10.3. The van der Waals surface area contributed by atoms with Crippen LogP contribution in [0.5, 0.6) is 5.75 Å². The molecule has 0 aliphatic rings. The van der Waals surface area contributed by atoms with Crippen molar-refractivity contribution < 1.29 is 13.8 Å². The maximum absolute atomic E-state index is 12.2. The van der Waals surface area contributed by atoms with Crippen LogP contribution < -0.4 is 9.82 Å². The first-order valence-corrected chi connectivity index (χ1v) is 8.07. The predicted octanol–water partition coefficient (Wildman–Crippen LogP) is 3.62. The molecule has 0 amide bonds. The summed E-state index contributed by atoms with van der Waals surface area (Å²) in [6.07, 6.45) is 0.0329. The van der Waals surface area contributed by atoms with E-state index in [2.05, 4.69) is 21.0 Å². The van der Waals surface area contributed by atoms with E-state index in [-0.39, 0.29) is 6.35 Å². The second kappa shape index (κ2) is 7.17. The molecule has 1 unspecified atom stereocenters. The highest BCUT2D eigenvalue weighted by Gasteiger charge is 2.22. The zero-order valence-electron chi connectivity index (χ0n) is 9.98. The maximum atomic E-state index is 12.2. The lowest BCUT2D eigenvalue weighted by Crippen LogP contribution is -2.17. The van der Waals surface area contributed by atoms with Crippen molar-refractivity contribution in [3.8, 4) is 5.75 Å². The Kier molecular flexibility index (Phi) is 6.20. The van der Waals surface area contributed by atoms with Crippen molar-refractivity contribution in [3.05, 3.63) is 28.7 Å². The standard InChI is InChI=1S/C11H17BrNO3P/c1-3-13-17(14,16-4-2)9-15-11-7-5-6-10(12)8-11/h5-8H,3-4,9H2,1-2H3,(H,13,14). The third-order valence-electron chi connectivity index (χ3n) is 1.93. The molecule has 4 nitrogen and oxygen atoms in total. The molecular formula is C11H17BrNO3P. The molecule has 0 bridgehead atoms. The molecule has 0 heterocycles. The summed E-state index contributed by atoms with van der Waals surface area (Å²) in [6.45, 7) is 4.67. The first-order valence-electron chi connectivity index (χ1n) is 5.46. The molecule has 96 valence electrons. The molecule has 1 atom stereocenters. The van der Waals surface area contributed by atoms with Crippen molar-refractivity contribution >= 4 is 23.4 Å². The lowest BCUT2D eigenvalue weighted by molar-refractivity contribution is 0.286. The van der Waals surface area contributed by atoms with Gasteiger partial charge in [0.05, 0.1) is 6.61 Å². The number of halogens is 1. The summed E-state index contributed by atoms with van der Waals surface area (Å²) in [7, 11) is -2.89. The van der Waals surface area contributed by atoms with E-state index in [9.17, 15) is 4.57 Å². The van der Waals surface area contributed by atoms with Crippen LogP contribution in [0.3, 0.4) is 0 Å². The quantitative estimate of drug-likeness (QED) is 0.779. The van der Waals surface area contributed by atoms with Crippen LogP contribution in [0.4, 0.5) is 0 Å². The Balaban J connectivity index is 2.60. The summed E-state index contributed by atoms with van der Waals surface area (Å²) in [4.78, 5) is 0. The molecule has 6 heteroatoms. The Morgan fingerprint density at radius 1 is 1.41 bits per heavy atom. The number of hydrogen-bond donors (Lipinski definition) is 1.